The number of fused-ring (bicyclic) bond motifs is 1. The quantitative estimate of drug-likeness (QED) is 0.539. The minimum Gasteiger partial charge on any atom is -0.326 e. The Balaban J connectivity index is 2.03. The highest BCUT2D eigenvalue weighted by Gasteiger charge is 2.09. The minimum absolute atomic E-state index is 0.0809. The van der Waals surface area contributed by atoms with Crippen molar-refractivity contribution in [3.05, 3.63) is 53.9 Å². The Hall–Kier alpha value is -2.84. The molecule has 0 saturated carbocycles. The molecule has 132 valence electrons. The number of nitrogens with one attached hydrogen (secondary N) is 1. The lowest BCUT2D eigenvalue weighted by Crippen LogP contribution is -2.16. The predicted octanol–water partition coefficient (Wildman–Crippen LogP) is 4.52. The van der Waals surface area contributed by atoms with E-state index in [0.29, 0.717) is 0 Å². The Morgan fingerprint density at radius 2 is 1.92 bits per heavy atom. The van der Waals surface area contributed by atoms with Crippen molar-refractivity contribution in [3.63, 3.8) is 0 Å². The largest absolute Gasteiger partial charge is 0.326 e. The van der Waals surface area contributed by atoms with Crippen molar-refractivity contribution in [2.75, 3.05) is 5.32 Å². The summed E-state index contributed by atoms with van der Waals surface area (Å²) in [7, 11) is -1.40. The number of carbonyl (C=O) groups is 1. The molecule has 1 aromatic heterocycles. The van der Waals surface area contributed by atoms with Crippen LogP contribution >= 0.6 is 0 Å². The number of carbonyl (C=O) groups excluding carboxylic acids is 1. The summed E-state index contributed by atoms with van der Waals surface area (Å²) in [6, 6.07) is 12.1. The van der Waals surface area contributed by atoms with Crippen LogP contribution in [-0.4, -0.2) is 23.5 Å². The molecule has 1 N–H and O–H groups in total. The smallest absolute Gasteiger partial charge is 0.221 e. The van der Waals surface area contributed by atoms with E-state index in [-0.39, 0.29) is 5.91 Å². The van der Waals surface area contributed by atoms with Gasteiger partial charge in [0.1, 0.15) is 14.4 Å². The van der Waals surface area contributed by atoms with Gasteiger partial charge in [0, 0.05) is 23.9 Å². The van der Waals surface area contributed by atoms with Gasteiger partial charge in [-0.25, -0.2) is 4.98 Å². The second-order valence-corrected chi connectivity index (χ2v) is 12.3. The second kappa shape index (κ2) is 6.81. The van der Waals surface area contributed by atoms with Gasteiger partial charge < -0.3 is 5.32 Å². The number of aromatic nitrogens is 2. The number of hydrogen-bond donors (Lipinski definition) is 1. The van der Waals surface area contributed by atoms with Crippen LogP contribution in [0.4, 0.5) is 5.69 Å². The maximum Gasteiger partial charge on any atom is 0.221 e. The third kappa shape index (κ3) is 4.22. The average Bonchev–Trinajstić information content (AvgIpc) is 2.94. The Morgan fingerprint density at radius 1 is 1.15 bits per heavy atom. The molecule has 1 amide bonds. The first kappa shape index (κ1) is 18.0. The molecular formula is C21H23N3OSi. The summed E-state index contributed by atoms with van der Waals surface area (Å²) in [5.74, 6) is 3.20. The van der Waals surface area contributed by atoms with E-state index < -0.39 is 8.07 Å². The molecule has 0 unspecified atom stereocenters. The maximum atomic E-state index is 11.4. The second-order valence-electron chi connectivity index (χ2n) is 7.56. The molecule has 0 atom stereocenters. The molecule has 4 nitrogen and oxygen atoms in total. The first-order chi connectivity index (χ1) is 12.2. The topological polar surface area (TPSA) is 46.9 Å². The van der Waals surface area contributed by atoms with Gasteiger partial charge in [0.25, 0.3) is 0 Å². The third-order valence-corrected chi connectivity index (χ3v) is 4.66. The van der Waals surface area contributed by atoms with Gasteiger partial charge in [-0.3, -0.25) is 9.36 Å². The zero-order valence-electron chi connectivity index (χ0n) is 15.8. The Kier molecular flexibility index (Phi) is 4.71. The molecule has 3 aromatic rings. The van der Waals surface area contributed by atoms with Gasteiger partial charge in [0.2, 0.25) is 5.91 Å². The number of amides is 1. The Morgan fingerprint density at radius 3 is 2.62 bits per heavy atom. The van der Waals surface area contributed by atoms with Gasteiger partial charge in [-0.1, -0.05) is 25.6 Å². The fourth-order valence-corrected chi connectivity index (χ4v) is 3.25. The maximum absolute atomic E-state index is 11.4. The summed E-state index contributed by atoms with van der Waals surface area (Å²) in [5, 5.41) is 2.85. The fourth-order valence-electron chi connectivity index (χ4n) is 2.73. The molecule has 0 bridgehead atoms. The molecule has 0 aliphatic rings. The highest BCUT2D eigenvalue weighted by molar-refractivity contribution is 6.83. The number of aryl methyl sites for hydroxylation is 1. The summed E-state index contributed by atoms with van der Waals surface area (Å²) in [6.45, 7) is 10.2. The average molecular weight is 362 g/mol. The van der Waals surface area contributed by atoms with Crippen LogP contribution in [0.15, 0.2) is 42.7 Å². The molecule has 1 heterocycles. The highest BCUT2D eigenvalue weighted by atomic mass is 28.3. The summed E-state index contributed by atoms with van der Waals surface area (Å²) in [6.07, 6.45) is 1.81. The van der Waals surface area contributed by atoms with Gasteiger partial charge in [0.05, 0.1) is 11.0 Å². The lowest BCUT2D eigenvalue weighted by molar-refractivity contribution is -0.114. The van der Waals surface area contributed by atoms with Crippen molar-refractivity contribution >= 4 is 30.7 Å². The van der Waals surface area contributed by atoms with E-state index in [1.165, 1.54) is 6.92 Å². The van der Waals surface area contributed by atoms with Crippen molar-refractivity contribution in [2.45, 2.75) is 33.5 Å². The fraction of sp³-hybridized carbons (Fsp3) is 0.238. The normalized spacial score (nSPS) is 11.1. The van der Waals surface area contributed by atoms with Crippen molar-refractivity contribution < 1.29 is 4.79 Å². The first-order valence-electron chi connectivity index (χ1n) is 8.61. The van der Waals surface area contributed by atoms with Crippen molar-refractivity contribution in [1.82, 2.24) is 9.55 Å². The SMILES string of the molecule is CC(=O)Nc1cc(C)cc(-n2cnc3cc(C#C[Si](C)(C)C)ccc32)c1. The van der Waals surface area contributed by atoms with Crippen LogP contribution in [0.5, 0.6) is 0 Å². The number of hydrogen-bond acceptors (Lipinski definition) is 2. The van der Waals surface area contributed by atoms with Crippen LogP contribution < -0.4 is 5.32 Å². The molecule has 26 heavy (non-hydrogen) atoms. The van der Waals surface area contributed by atoms with Crippen LogP contribution in [0.3, 0.4) is 0 Å². The van der Waals surface area contributed by atoms with Crippen molar-refractivity contribution in [1.29, 1.82) is 0 Å². The van der Waals surface area contributed by atoms with E-state index in [0.717, 1.165) is 33.5 Å². The molecule has 5 heteroatoms. The van der Waals surface area contributed by atoms with Gasteiger partial charge in [-0.05, 0) is 48.9 Å². The van der Waals surface area contributed by atoms with E-state index >= 15 is 0 Å². The van der Waals surface area contributed by atoms with Crippen molar-refractivity contribution in [3.8, 4) is 17.2 Å². The molecule has 0 spiro atoms. The van der Waals surface area contributed by atoms with Gasteiger partial charge >= 0.3 is 0 Å². The lowest BCUT2D eigenvalue weighted by Gasteiger charge is -2.10. The highest BCUT2D eigenvalue weighted by Crippen LogP contribution is 2.23. The summed E-state index contributed by atoms with van der Waals surface area (Å²) in [5.41, 5.74) is 9.14. The van der Waals surface area contributed by atoms with Gasteiger partial charge in [-0.2, -0.15) is 0 Å². The number of anilines is 1. The zero-order valence-corrected chi connectivity index (χ0v) is 16.8. The van der Waals surface area contributed by atoms with Crippen LogP contribution in [-0.2, 0) is 4.79 Å². The minimum atomic E-state index is -1.40. The van der Waals surface area contributed by atoms with Crippen LogP contribution in [0.2, 0.25) is 19.6 Å². The molecule has 0 aliphatic heterocycles. The predicted molar refractivity (Wildman–Crippen MR) is 110 cm³/mol. The summed E-state index contributed by atoms with van der Waals surface area (Å²) >= 11 is 0. The third-order valence-electron chi connectivity index (χ3n) is 3.79. The van der Waals surface area contributed by atoms with Crippen LogP contribution in [0, 0.1) is 18.4 Å². The standard InChI is InChI=1S/C21H23N3OSi/c1-15-10-18(23-16(2)25)13-19(11-15)24-14-22-20-12-17(6-7-21(20)24)8-9-26(3,4)5/h6-7,10-14H,1-5H3,(H,23,25). The molecule has 0 aliphatic carbocycles. The van der Waals surface area contributed by atoms with E-state index in [4.69, 9.17) is 0 Å². The Bertz CT molecular complexity index is 1050. The molecule has 0 saturated heterocycles. The van der Waals surface area contributed by atoms with Gasteiger partial charge in [-0.15, -0.1) is 5.54 Å². The lowest BCUT2D eigenvalue weighted by atomic mass is 10.1. The molecule has 3 rings (SSSR count). The van der Waals surface area contributed by atoms with E-state index in [9.17, 15) is 4.79 Å². The number of nitrogens with zero attached hydrogens (tertiary/aromatic N) is 2. The van der Waals surface area contributed by atoms with Crippen molar-refractivity contribution in [2.24, 2.45) is 0 Å². The molecule has 2 aromatic carbocycles. The van der Waals surface area contributed by atoms with Crippen LogP contribution in [0.1, 0.15) is 18.1 Å². The number of imidazole rings is 1. The van der Waals surface area contributed by atoms with E-state index in [1.807, 2.05) is 42.1 Å². The monoisotopic (exact) mass is 361 g/mol. The Labute approximate surface area is 155 Å². The van der Waals surface area contributed by atoms with E-state index in [1.54, 1.807) is 0 Å². The summed E-state index contributed by atoms with van der Waals surface area (Å²) < 4.78 is 2.03. The molecule has 0 radical (unpaired) electrons. The summed E-state index contributed by atoms with van der Waals surface area (Å²) in [4.78, 5) is 15.9. The molecular weight excluding hydrogens is 338 g/mol. The van der Waals surface area contributed by atoms with Gasteiger partial charge in [0.15, 0.2) is 0 Å². The van der Waals surface area contributed by atoms with Crippen LogP contribution in [0.25, 0.3) is 16.7 Å². The first-order valence-corrected chi connectivity index (χ1v) is 12.1. The number of rotatable bonds is 2. The molecule has 0 fully saturated rings. The van der Waals surface area contributed by atoms with E-state index in [2.05, 4.69) is 53.5 Å². The zero-order chi connectivity index (χ0) is 18.9. The number of benzene rings is 2.